The number of aromatic nitrogens is 2. The van der Waals surface area contributed by atoms with E-state index in [0.717, 1.165) is 28.6 Å². The number of aliphatic hydroxyl groups excluding tert-OH is 1. The number of halogens is 1. The average Bonchev–Trinajstić information content (AvgIpc) is 2.61. The van der Waals surface area contributed by atoms with Gasteiger partial charge in [-0.1, -0.05) is 28.1 Å². The highest BCUT2D eigenvalue weighted by Crippen LogP contribution is 2.18. The number of hydrogen-bond donors (Lipinski definition) is 1. The zero-order valence-corrected chi connectivity index (χ0v) is 13.8. The Hall–Kier alpha value is -1.13. The Bertz CT molecular complexity index is 592. The number of nitrogens with zero attached hydrogens (tertiary/aromatic N) is 2. The highest BCUT2D eigenvalue weighted by atomic mass is 79.9. The SMILES string of the molecule is Cc1nn(C)c(C)c1CCC(O)Cc1cccc(Br)c1. The lowest BCUT2D eigenvalue weighted by atomic mass is 10.0. The first-order chi connectivity index (χ1) is 9.47. The molecule has 0 saturated heterocycles. The molecule has 2 aromatic rings. The van der Waals surface area contributed by atoms with E-state index in [0.29, 0.717) is 6.42 Å². The van der Waals surface area contributed by atoms with E-state index in [1.165, 1.54) is 11.3 Å². The Morgan fingerprint density at radius 1 is 1.35 bits per heavy atom. The minimum Gasteiger partial charge on any atom is -0.393 e. The molecule has 1 aromatic heterocycles. The van der Waals surface area contributed by atoms with Gasteiger partial charge in [-0.2, -0.15) is 5.10 Å². The fourth-order valence-corrected chi connectivity index (χ4v) is 2.97. The van der Waals surface area contributed by atoms with Crippen molar-refractivity contribution < 1.29 is 5.11 Å². The van der Waals surface area contributed by atoms with Crippen molar-refractivity contribution in [2.24, 2.45) is 7.05 Å². The summed E-state index contributed by atoms with van der Waals surface area (Å²) in [7, 11) is 1.96. The molecule has 0 amide bonds. The van der Waals surface area contributed by atoms with Gasteiger partial charge in [0, 0.05) is 17.2 Å². The zero-order chi connectivity index (χ0) is 14.7. The summed E-state index contributed by atoms with van der Waals surface area (Å²) in [4.78, 5) is 0. The van der Waals surface area contributed by atoms with Crippen molar-refractivity contribution in [2.45, 2.75) is 39.2 Å². The molecule has 0 saturated carbocycles. The van der Waals surface area contributed by atoms with Crippen molar-refractivity contribution >= 4 is 15.9 Å². The lowest BCUT2D eigenvalue weighted by Gasteiger charge is -2.11. The van der Waals surface area contributed by atoms with Crippen LogP contribution >= 0.6 is 15.9 Å². The first-order valence-corrected chi connectivity index (χ1v) is 7.68. The molecule has 1 N–H and O–H groups in total. The molecular formula is C16H21BrN2O. The van der Waals surface area contributed by atoms with E-state index in [1.54, 1.807) is 0 Å². The molecule has 1 aromatic carbocycles. The van der Waals surface area contributed by atoms with Crippen LogP contribution in [0.3, 0.4) is 0 Å². The van der Waals surface area contributed by atoms with Gasteiger partial charge >= 0.3 is 0 Å². The van der Waals surface area contributed by atoms with Crippen molar-refractivity contribution in [3.05, 3.63) is 51.3 Å². The summed E-state index contributed by atoms with van der Waals surface area (Å²) in [6.07, 6.45) is 2.02. The predicted molar refractivity (Wildman–Crippen MR) is 84.9 cm³/mol. The molecule has 0 radical (unpaired) electrons. The molecule has 3 nitrogen and oxygen atoms in total. The van der Waals surface area contributed by atoms with Gasteiger partial charge in [-0.15, -0.1) is 0 Å². The Labute approximate surface area is 128 Å². The summed E-state index contributed by atoms with van der Waals surface area (Å²) in [5, 5.41) is 14.6. The third-order valence-electron chi connectivity index (χ3n) is 3.75. The second kappa shape index (κ2) is 6.55. The van der Waals surface area contributed by atoms with E-state index in [1.807, 2.05) is 30.8 Å². The molecule has 0 aliphatic carbocycles. The van der Waals surface area contributed by atoms with Crippen LogP contribution in [0.2, 0.25) is 0 Å². The van der Waals surface area contributed by atoms with Crippen LogP contribution in [0.4, 0.5) is 0 Å². The third kappa shape index (κ3) is 3.70. The maximum absolute atomic E-state index is 10.2. The molecule has 108 valence electrons. The van der Waals surface area contributed by atoms with Gasteiger partial charge in [0.05, 0.1) is 11.8 Å². The largest absolute Gasteiger partial charge is 0.393 e. The molecule has 0 spiro atoms. The van der Waals surface area contributed by atoms with Crippen LogP contribution in [0, 0.1) is 13.8 Å². The molecule has 0 aliphatic rings. The van der Waals surface area contributed by atoms with Crippen LogP contribution in [0.25, 0.3) is 0 Å². The van der Waals surface area contributed by atoms with Gasteiger partial charge in [0.1, 0.15) is 0 Å². The maximum Gasteiger partial charge on any atom is 0.0628 e. The monoisotopic (exact) mass is 336 g/mol. The quantitative estimate of drug-likeness (QED) is 0.909. The van der Waals surface area contributed by atoms with Gasteiger partial charge in [-0.05, 0) is 56.4 Å². The van der Waals surface area contributed by atoms with E-state index in [2.05, 4.69) is 40.1 Å². The maximum atomic E-state index is 10.2. The Morgan fingerprint density at radius 2 is 2.10 bits per heavy atom. The van der Waals surface area contributed by atoms with Gasteiger partial charge in [-0.25, -0.2) is 0 Å². The van der Waals surface area contributed by atoms with Gasteiger partial charge in [0.15, 0.2) is 0 Å². The van der Waals surface area contributed by atoms with Crippen molar-refractivity contribution in [3.8, 4) is 0 Å². The fourth-order valence-electron chi connectivity index (χ4n) is 2.53. The molecule has 0 bridgehead atoms. The van der Waals surface area contributed by atoms with Crippen LogP contribution < -0.4 is 0 Å². The second-order valence-electron chi connectivity index (χ2n) is 5.30. The number of benzene rings is 1. The van der Waals surface area contributed by atoms with Gasteiger partial charge in [0.2, 0.25) is 0 Å². The van der Waals surface area contributed by atoms with Crippen LogP contribution in [0.15, 0.2) is 28.7 Å². The second-order valence-corrected chi connectivity index (χ2v) is 6.22. The number of hydrogen-bond acceptors (Lipinski definition) is 2. The Morgan fingerprint density at radius 3 is 2.70 bits per heavy atom. The van der Waals surface area contributed by atoms with E-state index < -0.39 is 0 Å². The third-order valence-corrected chi connectivity index (χ3v) is 4.24. The van der Waals surface area contributed by atoms with E-state index in [4.69, 9.17) is 0 Å². The minimum absolute atomic E-state index is 0.316. The van der Waals surface area contributed by atoms with E-state index in [9.17, 15) is 5.11 Å². The molecule has 1 unspecified atom stereocenters. The zero-order valence-electron chi connectivity index (χ0n) is 12.2. The molecule has 1 heterocycles. The highest BCUT2D eigenvalue weighted by molar-refractivity contribution is 9.10. The topological polar surface area (TPSA) is 38.0 Å². The van der Waals surface area contributed by atoms with Gasteiger partial charge in [-0.3, -0.25) is 4.68 Å². The summed E-state index contributed by atoms with van der Waals surface area (Å²) in [6, 6.07) is 8.11. The number of rotatable bonds is 5. The smallest absolute Gasteiger partial charge is 0.0628 e. The van der Waals surface area contributed by atoms with E-state index in [-0.39, 0.29) is 6.10 Å². The molecule has 0 fully saturated rings. The summed E-state index contributed by atoms with van der Waals surface area (Å²) < 4.78 is 2.96. The summed E-state index contributed by atoms with van der Waals surface area (Å²) in [5.41, 5.74) is 4.68. The van der Waals surface area contributed by atoms with Crippen LogP contribution in [0.5, 0.6) is 0 Å². The Balaban J connectivity index is 1.94. The summed E-state index contributed by atoms with van der Waals surface area (Å²) in [6.45, 7) is 4.11. The standard InChI is InChI=1S/C16H21BrN2O/c1-11-16(12(2)19(3)18-11)8-7-15(20)10-13-5-4-6-14(17)9-13/h4-6,9,15,20H,7-8,10H2,1-3H3. The fraction of sp³-hybridized carbons (Fsp3) is 0.438. The minimum atomic E-state index is -0.316. The number of aliphatic hydroxyl groups is 1. The van der Waals surface area contributed by atoms with Gasteiger partial charge in [0.25, 0.3) is 0 Å². The highest BCUT2D eigenvalue weighted by Gasteiger charge is 2.12. The first kappa shape index (κ1) is 15.3. The average molecular weight is 337 g/mol. The first-order valence-electron chi connectivity index (χ1n) is 6.89. The normalized spacial score (nSPS) is 12.7. The summed E-state index contributed by atoms with van der Waals surface area (Å²) >= 11 is 3.46. The van der Waals surface area contributed by atoms with Gasteiger partial charge < -0.3 is 5.11 Å². The summed E-state index contributed by atoms with van der Waals surface area (Å²) in [5.74, 6) is 0. The number of aryl methyl sites for hydroxylation is 2. The predicted octanol–water partition coefficient (Wildman–Crippen LogP) is 3.34. The lowest BCUT2D eigenvalue weighted by molar-refractivity contribution is 0.165. The molecular weight excluding hydrogens is 316 g/mol. The van der Waals surface area contributed by atoms with Crippen LogP contribution in [-0.2, 0) is 19.9 Å². The molecule has 2 rings (SSSR count). The molecule has 4 heteroatoms. The lowest BCUT2D eigenvalue weighted by Crippen LogP contribution is -2.12. The van der Waals surface area contributed by atoms with E-state index >= 15 is 0 Å². The molecule has 1 atom stereocenters. The van der Waals surface area contributed by atoms with Crippen molar-refractivity contribution in [1.29, 1.82) is 0 Å². The molecule has 0 aliphatic heterocycles. The van der Waals surface area contributed by atoms with Crippen LogP contribution in [-0.4, -0.2) is 21.0 Å². The van der Waals surface area contributed by atoms with Crippen molar-refractivity contribution in [2.75, 3.05) is 0 Å². The van der Waals surface area contributed by atoms with Crippen molar-refractivity contribution in [1.82, 2.24) is 9.78 Å². The Kier molecular flexibility index (Phi) is 5.00. The van der Waals surface area contributed by atoms with Crippen molar-refractivity contribution in [3.63, 3.8) is 0 Å². The molecule has 20 heavy (non-hydrogen) atoms. The van der Waals surface area contributed by atoms with Crippen LogP contribution in [0.1, 0.15) is 28.9 Å².